The first-order valence-electron chi connectivity index (χ1n) is 24.5. The van der Waals surface area contributed by atoms with Crippen molar-refractivity contribution < 1.29 is 0 Å². The van der Waals surface area contributed by atoms with Crippen LogP contribution in [0.25, 0.3) is 110 Å². The molecule has 0 radical (unpaired) electrons. The number of fused-ring (bicyclic) bond motifs is 8. The second-order valence-corrected chi connectivity index (χ2v) is 18.8. The van der Waals surface area contributed by atoms with E-state index in [2.05, 4.69) is 261 Å². The van der Waals surface area contributed by atoms with Crippen molar-refractivity contribution in [3.05, 3.63) is 289 Å². The van der Waals surface area contributed by atoms with Crippen LogP contribution in [0.3, 0.4) is 0 Å². The van der Waals surface area contributed by atoms with Gasteiger partial charge in [0.25, 0.3) is 0 Å². The number of rotatable bonds is 7. The predicted molar refractivity (Wildman–Crippen MR) is 297 cm³/mol. The lowest BCUT2D eigenvalue weighted by Gasteiger charge is -2.33. The van der Waals surface area contributed by atoms with E-state index in [1.54, 1.807) is 0 Å². The van der Waals surface area contributed by atoms with Crippen LogP contribution in [0.4, 0.5) is 0 Å². The summed E-state index contributed by atoms with van der Waals surface area (Å²) in [6.07, 6.45) is 0. The first-order valence-corrected chi connectivity index (χ1v) is 24.5. The van der Waals surface area contributed by atoms with Crippen LogP contribution in [0.1, 0.15) is 22.3 Å². The minimum atomic E-state index is -0.466. The van der Waals surface area contributed by atoms with Gasteiger partial charge in [0.2, 0.25) is 0 Å². The summed E-state index contributed by atoms with van der Waals surface area (Å²) in [6.45, 7) is 0. The molecule has 0 saturated heterocycles. The number of hydrogen-bond acceptors (Lipinski definition) is 2. The Morgan fingerprint density at radius 3 is 1.52 bits per heavy atom. The Morgan fingerprint density at radius 1 is 0.254 bits per heavy atom. The van der Waals surface area contributed by atoms with Crippen LogP contribution < -0.4 is 0 Å². The molecule has 0 atom stereocenters. The van der Waals surface area contributed by atoms with E-state index in [-0.39, 0.29) is 0 Å². The number of nitrogens with zero attached hydrogens (tertiary/aromatic N) is 2. The summed E-state index contributed by atoms with van der Waals surface area (Å²) < 4.78 is 0. The maximum absolute atomic E-state index is 5.31. The summed E-state index contributed by atoms with van der Waals surface area (Å²) in [7, 11) is 0. The van der Waals surface area contributed by atoms with Crippen LogP contribution in [-0.2, 0) is 5.41 Å². The molecular weight excluding hydrogens is 857 g/mol. The standard InChI is InChI=1S/C69H44N2/c1-4-19-48(20-5-1)68-70-65(44-66(71-68)50-37-41-64-62(43-50)58-30-16-17-31-63(58)69(64,51-22-6-2-7-23-51)52-24-8-3-9-25-52)47-34-32-46(33-35-47)54-39-40-59(57-29-15-14-28-56(54)57)67-55-27-13-11-21-49(55)42-61-53-26-12-10-18-45(53)36-38-60(61)67/h1-44H. The summed E-state index contributed by atoms with van der Waals surface area (Å²) in [5.41, 5.74) is 16.7. The average molecular weight is 901 g/mol. The summed E-state index contributed by atoms with van der Waals surface area (Å²) >= 11 is 0. The van der Waals surface area contributed by atoms with Crippen molar-refractivity contribution in [1.29, 1.82) is 0 Å². The van der Waals surface area contributed by atoms with E-state index in [1.165, 1.54) is 93.2 Å². The third kappa shape index (κ3) is 6.49. The SMILES string of the molecule is c1ccc(-c2nc(-c3ccc(-c4ccc(-c5c6ccccc6cc6c5ccc5ccccc56)c5ccccc45)cc3)cc(-c3ccc4c(c3)-c3ccccc3C4(c3ccccc3)c3ccccc3)n2)cc1. The maximum atomic E-state index is 5.31. The van der Waals surface area contributed by atoms with Gasteiger partial charge in [-0.05, 0) is 117 Å². The minimum absolute atomic E-state index is 0.466. The molecule has 1 aliphatic carbocycles. The second kappa shape index (κ2) is 16.5. The molecule has 0 aliphatic heterocycles. The minimum Gasteiger partial charge on any atom is -0.228 e. The molecule has 0 unspecified atom stereocenters. The van der Waals surface area contributed by atoms with Gasteiger partial charge in [-0.3, -0.25) is 0 Å². The quantitative estimate of drug-likeness (QED) is 0.118. The number of benzene rings is 12. The molecule has 71 heavy (non-hydrogen) atoms. The highest BCUT2D eigenvalue weighted by Crippen LogP contribution is 2.56. The van der Waals surface area contributed by atoms with Crippen molar-refractivity contribution >= 4 is 43.1 Å². The molecule has 2 nitrogen and oxygen atoms in total. The highest BCUT2D eigenvalue weighted by Gasteiger charge is 2.46. The highest BCUT2D eigenvalue weighted by atomic mass is 14.9. The van der Waals surface area contributed by atoms with Gasteiger partial charge in [-0.15, -0.1) is 0 Å². The van der Waals surface area contributed by atoms with E-state index in [0.29, 0.717) is 5.82 Å². The van der Waals surface area contributed by atoms with E-state index in [1.807, 2.05) is 6.07 Å². The molecule has 13 aromatic rings. The van der Waals surface area contributed by atoms with E-state index in [4.69, 9.17) is 9.97 Å². The van der Waals surface area contributed by atoms with Gasteiger partial charge in [0.1, 0.15) is 0 Å². The Morgan fingerprint density at radius 2 is 0.789 bits per heavy atom. The first kappa shape index (κ1) is 40.8. The van der Waals surface area contributed by atoms with Crippen molar-refractivity contribution in [2.24, 2.45) is 0 Å². The molecule has 0 saturated carbocycles. The summed E-state index contributed by atoms with van der Waals surface area (Å²) in [5, 5.41) is 10.0. The molecule has 1 heterocycles. The van der Waals surface area contributed by atoms with Crippen molar-refractivity contribution in [2.75, 3.05) is 0 Å². The Kier molecular flexibility index (Phi) is 9.47. The summed E-state index contributed by atoms with van der Waals surface area (Å²) in [5.74, 6) is 0.696. The topological polar surface area (TPSA) is 25.8 Å². The van der Waals surface area contributed by atoms with Gasteiger partial charge in [0.05, 0.1) is 16.8 Å². The predicted octanol–water partition coefficient (Wildman–Crippen LogP) is 17.8. The largest absolute Gasteiger partial charge is 0.228 e. The second-order valence-electron chi connectivity index (χ2n) is 18.8. The molecule has 2 heteroatoms. The lowest BCUT2D eigenvalue weighted by atomic mass is 9.67. The fourth-order valence-corrected chi connectivity index (χ4v) is 11.8. The number of hydrogen-bond donors (Lipinski definition) is 0. The Bertz CT molecular complexity index is 4160. The third-order valence-corrected chi connectivity index (χ3v) is 15.0. The molecule has 0 fully saturated rings. The maximum Gasteiger partial charge on any atom is 0.160 e. The van der Waals surface area contributed by atoms with Gasteiger partial charge in [-0.25, -0.2) is 9.97 Å². The molecule has 0 amide bonds. The summed E-state index contributed by atoms with van der Waals surface area (Å²) in [6, 6.07) is 97.2. The van der Waals surface area contributed by atoms with Gasteiger partial charge in [0.15, 0.2) is 5.82 Å². The lowest BCUT2D eigenvalue weighted by molar-refractivity contribution is 0.768. The van der Waals surface area contributed by atoms with Crippen LogP contribution in [0.5, 0.6) is 0 Å². The van der Waals surface area contributed by atoms with Gasteiger partial charge in [0, 0.05) is 16.7 Å². The van der Waals surface area contributed by atoms with Crippen LogP contribution in [-0.4, -0.2) is 9.97 Å². The van der Waals surface area contributed by atoms with Crippen LogP contribution in [0, 0.1) is 0 Å². The van der Waals surface area contributed by atoms with Gasteiger partial charge >= 0.3 is 0 Å². The molecule has 1 aliphatic rings. The van der Waals surface area contributed by atoms with Gasteiger partial charge in [-0.1, -0.05) is 249 Å². The van der Waals surface area contributed by atoms with Crippen molar-refractivity contribution in [3.63, 3.8) is 0 Å². The van der Waals surface area contributed by atoms with Crippen molar-refractivity contribution in [3.8, 4) is 67.3 Å². The van der Waals surface area contributed by atoms with Crippen molar-refractivity contribution in [1.82, 2.24) is 9.97 Å². The fraction of sp³-hybridized carbons (Fsp3) is 0.0145. The lowest BCUT2D eigenvalue weighted by Crippen LogP contribution is -2.28. The fourth-order valence-electron chi connectivity index (χ4n) is 11.8. The molecule has 330 valence electrons. The Balaban J connectivity index is 0.888. The molecule has 0 spiro atoms. The monoisotopic (exact) mass is 900 g/mol. The molecule has 1 aromatic heterocycles. The molecule has 12 aromatic carbocycles. The van der Waals surface area contributed by atoms with Gasteiger partial charge in [-0.2, -0.15) is 0 Å². The third-order valence-electron chi connectivity index (χ3n) is 15.0. The molecule has 0 bridgehead atoms. The van der Waals surface area contributed by atoms with E-state index in [9.17, 15) is 0 Å². The van der Waals surface area contributed by atoms with Crippen LogP contribution in [0.2, 0.25) is 0 Å². The smallest absolute Gasteiger partial charge is 0.160 e. The molecular formula is C69H44N2. The zero-order valence-corrected chi connectivity index (χ0v) is 38.8. The van der Waals surface area contributed by atoms with E-state index < -0.39 is 5.41 Å². The molecule has 0 N–H and O–H groups in total. The van der Waals surface area contributed by atoms with E-state index in [0.717, 1.165) is 33.6 Å². The molecule has 14 rings (SSSR count). The number of aromatic nitrogens is 2. The first-order chi connectivity index (χ1) is 35.2. The van der Waals surface area contributed by atoms with E-state index >= 15 is 0 Å². The highest BCUT2D eigenvalue weighted by molar-refractivity contribution is 6.23. The Hall–Kier alpha value is -9.24. The van der Waals surface area contributed by atoms with Crippen molar-refractivity contribution in [2.45, 2.75) is 5.41 Å². The zero-order chi connectivity index (χ0) is 46.9. The zero-order valence-electron chi connectivity index (χ0n) is 38.8. The average Bonchev–Trinajstić information content (AvgIpc) is 3.76. The Labute approximate surface area is 412 Å². The van der Waals surface area contributed by atoms with Crippen LogP contribution >= 0.6 is 0 Å². The normalized spacial score (nSPS) is 12.6. The summed E-state index contributed by atoms with van der Waals surface area (Å²) in [4.78, 5) is 10.6. The van der Waals surface area contributed by atoms with Gasteiger partial charge < -0.3 is 0 Å². The van der Waals surface area contributed by atoms with Crippen LogP contribution in [0.15, 0.2) is 267 Å².